The predicted octanol–water partition coefficient (Wildman–Crippen LogP) is 0.335. The van der Waals surface area contributed by atoms with Crippen molar-refractivity contribution in [3.63, 3.8) is 0 Å². The van der Waals surface area contributed by atoms with E-state index in [4.69, 9.17) is 5.11 Å². The van der Waals surface area contributed by atoms with Crippen molar-refractivity contribution >= 4 is 22.9 Å². The number of hydrogen-bond acceptors (Lipinski definition) is 4. The van der Waals surface area contributed by atoms with E-state index < -0.39 is 6.04 Å². The number of aliphatic hydroxyl groups is 1. The van der Waals surface area contributed by atoms with E-state index in [2.05, 4.69) is 10.6 Å². The highest BCUT2D eigenvalue weighted by atomic mass is 32.2. The van der Waals surface area contributed by atoms with Gasteiger partial charge in [-0.05, 0) is 12.3 Å². The van der Waals surface area contributed by atoms with Crippen LogP contribution in [0, 0.1) is 5.92 Å². The lowest BCUT2D eigenvalue weighted by Gasteiger charge is -2.23. The topological polar surface area (TPSA) is 78.4 Å². The van der Waals surface area contributed by atoms with Crippen LogP contribution in [-0.2, 0) is 4.79 Å². The minimum Gasteiger partial charge on any atom is -0.396 e. The molecule has 0 aromatic rings. The van der Waals surface area contributed by atoms with E-state index in [1.807, 2.05) is 13.8 Å². The van der Waals surface area contributed by atoms with Crippen LogP contribution in [0.25, 0.3) is 0 Å². The van der Waals surface area contributed by atoms with Crippen LogP contribution in [0.15, 0.2) is 0 Å². The maximum atomic E-state index is 11.8. The summed E-state index contributed by atoms with van der Waals surface area (Å²) in [6.07, 6.45) is 0.539. The molecule has 3 N–H and O–H groups in total. The van der Waals surface area contributed by atoms with Crippen LogP contribution in [0.2, 0.25) is 0 Å². The van der Waals surface area contributed by atoms with Gasteiger partial charge in [0.2, 0.25) is 5.91 Å². The smallest absolute Gasteiger partial charge is 0.279 e. The predicted molar refractivity (Wildman–Crippen MR) is 63.2 cm³/mol. The number of carbonyl (C=O) groups is 2. The van der Waals surface area contributed by atoms with Crippen molar-refractivity contribution in [3.05, 3.63) is 0 Å². The fraction of sp³-hybridized carbons (Fsp3) is 0.800. The van der Waals surface area contributed by atoms with Gasteiger partial charge in [-0.3, -0.25) is 9.59 Å². The van der Waals surface area contributed by atoms with Crippen molar-refractivity contribution in [2.24, 2.45) is 5.92 Å². The Morgan fingerprint density at radius 2 is 2.38 bits per heavy atom. The Bertz CT molecular complexity index is 271. The zero-order chi connectivity index (χ0) is 12.1. The van der Waals surface area contributed by atoms with Crippen LogP contribution in [-0.4, -0.2) is 40.7 Å². The third kappa shape index (κ3) is 3.68. The van der Waals surface area contributed by atoms with Crippen LogP contribution < -0.4 is 10.6 Å². The molecule has 92 valence electrons. The summed E-state index contributed by atoms with van der Waals surface area (Å²) in [4.78, 5) is 22.7. The molecule has 1 heterocycles. The first kappa shape index (κ1) is 13.3. The summed E-state index contributed by atoms with van der Waals surface area (Å²) >= 11 is 1.12. The van der Waals surface area contributed by atoms with E-state index in [9.17, 15) is 9.59 Å². The van der Waals surface area contributed by atoms with Gasteiger partial charge in [0.15, 0.2) is 0 Å². The van der Waals surface area contributed by atoms with Crippen LogP contribution >= 0.6 is 11.8 Å². The Morgan fingerprint density at radius 1 is 1.69 bits per heavy atom. The average molecular weight is 246 g/mol. The summed E-state index contributed by atoms with van der Waals surface area (Å²) in [5.74, 6) is 0.584. The molecule has 2 amide bonds. The lowest BCUT2D eigenvalue weighted by molar-refractivity contribution is -0.123. The Hall–Kier alpha value is -0.750. The summed E-state index contributed by atoms with van der Waals surface area (Å²) in [5, 5.41) is 14.2. The molecular formula is C10H18N2O3S. The molecule has 1 rings (SSSR count). The highest BCUT2D eigenvalue weighted by molar-refractivity contribution is 8.14. The zero-order valence-electron chi connectivity index (χ0n) is 9.53. The van der Waals surface area contributed by atoms with Crippen molar-refractivity contribution in [2.75, 3.05) is 12.4 Å². The minimum atomic E-state index is -0.433. The fourth-order valence-electron chi connectivity index (χ4n) is 1.52. The van der Waals surface area contributed by atoms with Crippen LogP contribution in [0.1, 0.15) is 20.3 Å². The molecule has 0 aliphatic carbocycles. The number of hydrogen-bond donors (Lipinski definition) is 3. The molecule has 6 heteroatoms. The van der Waals surface area contributed by atoms with Crippen molar-refractivity contribution < 1.29 is 14.7 Å². The van der Waals surface area contributed by atoms with Gasteiger partial charge in [-0.2, -0.15) is 0 Å². The van der Waals surface area contributed by atoms with Crippen molar-refractivity contribution in [1.82, 2.24) is 10.6 Å². The van der Waals surface area contributed by atoms with Crippen molar-refractivity contribution in [3.8, 4) is 0 Å². The first-order valence-electron chi connectivity index (χ1n) is 5.39. The summed E-state index contributed by atoms with van der Waals surface area (Å²) in [6, 6.07) is -0.475. The number of aliphatic hydroxyl groups excluding tert-OH is 1. The first-order chi connectivity index (χ1) is 7.54. The lowest BCUT2D eigenvalue weighted by Crippen LogP contribution is -2.48. The standard InChI is InChI=1S/C10H18N2O3S/c1-6(2)7(3-4-13)11-9(14)8-5-16-10(15)12-8/h6-8,13H,3-5H2,1-2H3,(H,11,14)(H,12,15). The molecule has 16 heavy (non-hydrogen) atoms. The summed E-state index contributed by atoms with van der Waals surface area (Å²) in [7, 11) is 0. The van der Waals surface area contributed by atoms with E-state index in [-0.39, 0.29) is 29.7 Å². The summed E-state index contributed by atoms with van der Waals surface area (Å²) in [6.45, 7) is 4.03. The van der Waals surface area contributed by atoms with Crippen molar-refractivity contribution in [2.45, 2.75) is 32.4 Å². The summed E-state index contributed by atoms with van der Waals surface area (Å²) in [5.41, 5.74) is 0. The van der Waals surface area contributed by atoms with Crippen LogP contribution in [0.5, 0.6) is 0 Å². The number of nitrogens with one attached hydrogen (secondary N) is 2. The minimum absolute atomic E-state index is 0.0417. The second-order valence-electron chi connectivity index (χ2n) is 4.17. The fourth-order valence-corrected chi connectivity index (χ4v) is 2.30. The Kier molecular flexibility index (Phi) is 5.08. The molecule has 2 atom stereocenters. The van der Waals surface area contributed by atoms with Gasteiger partial charge in [-0.25, -0.2) is 0 Å². The van der Waals surface area contributed by atoms with Gasteiger partial charge in [0.1, 0.15) is 6.04 Å². The maximum absolute atomic E-state index is 11.8. The first-order valence-corrected chi connectivity index (χ1v) is 6.37. The van der Waals surface area contributed by atoms with Gasteiger partial charge in [0.25, 0.3) is 5.24 Å². The largest absolute Gasteiger partial charge is 0.396 e. The molecule has 1 aliphatic heterocycles. The monoisotopic (exact) mass is 246 g/mol. The molecule has 0 bridgehead atoms. The van der Waals surface area contributed by atoms with Gasteiger partial charge >= 0.3 is 0 Å². The van der Waals surface area contributed by atoms with E-state index in [1.165, 1.54) is 0 Å². The molecule has 2 unspecified atom stereocenters. The summed E-state index contributed by atoms with van der Waals surface area (Å²) < 4.78 is 0. The molecule has 0 radical (unpaired) electrons. The second-order valence-corrected chi connectivity index (χ2v) is 5.16. The molecule has 1 saturated heterocycles. The Morgan fingerprint density at radius 3 is 2.81 bits per heavy atom. The molecule has 0 saturated carbocycles. The third-order valence-corrected chi connectivity index (χ3v) is 3.44. The lowest BCUT2D eigenvalue weighted by atomic mass is 10.0. The molecule has 5 nitrogen and oxygen atoms in total. The van der Waals surface area contributed by atoms with Gasteiger partial charge in [-0.1, -0.05) is 25.6 Å². The normalized spacial score (nSPS) is 22.0. The molecule has 0 spiro atoms. The van der Waals surface area contributed by atoms with E-state index >= 15 is 0 Å². The highest BCUT2D eigenvalue weighted by Gasteiger charge is 2.29. The quantitative estimate of drug-likeness (QED) is 0.653. The number of amides is 2. The van der Waals surface area contributed by atoms with Gasteiger partial charge in [-0.15, -0.1) is 0 Å². The highest BCUT2D eigenvalue weighted by Crippen LogP contribution is 2.14. The van der Waals surface area contributed by atoms with Crippen LogP contribution in [0.4, 0.5) is 4.79 Å². The van der Waals surface area contributed by atoms with E-state index in [0.29, 0.717) is 12.2 Å². The number of thioether (sulfide) groups is 1. The van der Waals surface area contributed by atoms with Crippen LogP contribution in [0.3, 0.4) is 0 Å². The SMILES string of the molecule is CC(C)C(CCO)NC(=O)C1CSC(=O)N1. The Balaban J connectivity index is 2.45. The van der Waals surface area contributed by atoms with Gasteiger partial charge in [0, 0.05) is 18.4 Å². The molecule has 1 aliphatic rings. The average Bonchev–Trinajstić information content (AvgIpc) is 2.64. The molecule has 0 aromatic carbocycles. The van der Waals surface area contributed by atoms with Crippen molar-refractivity contribution in [1.29, 1.82) is 0 Å². The number of rotatable bonds is 5. The number of carbonyl (C=O) groups excluding carboxylic acids is 2. The van der Waals surface area contributed by atoms with Gasteiger partial charge < -0.3 is 15.7 Å². The van der Waals surface area contributed by atoms with E-state index in [0.717, 1.165) is 11.8 Å². The molecular weight excluding hydrogens is 228 g/mol. The zero-order valence-corrected chi connectivity index (χ0v) is 10.3. The molecule has 1 fully saturated rings. The van der Waals surface area contributed by atoms with E-state index in [1.54, 1.807) is 0 Å². The Labute approximate surface area is 99.4 Å². The van der Waals surface area contributed by atoms with Gasteiger partial charge in [0.05, 0.1) is 0 Å². The molecule has 0 aromatic heterocycles. The third-order valence-electron chi connectivity index (χ3n) is 2.56. The maximum Gasteiger partial charge on any atom is 0.279 e. The second kappa shape index (κ2) is 6.10.